The van der Waals surface area contributed by atoms with Crippen LogP contribution in [0.2, 0.25) is 0 Å². The van der Waals surface area contributed by atoms with Gasteiger partial charge >= 0.3 is 0 Å². The summed E-state index contributed by atoms with van der Waals surface area (Å²) in [5.74, 6) is -0.754. The van der Waals surface area contributed by atoms with E-state index >= 15 is 0 Å². The summed E-state index contributed by atoms with van der Waals surface area (Å²) >= 11 is 0. The normalized spacial score (nSPS) is 17.6. The summed E-state index contributed by atoms with van der Waals surface area (Å²) in [5, 5.41) is 3.18. The van der Waals surface area contributed by atoms with E-state index in [9.17, 15) is 14.4 Å². The number of amides is 3. The van der Waals surface area contributed by atoms with E-state index in [-0.39, 0.29) is 30.1 Å². The molecule has 112 valence electrons. The van der Waals surface area contributed by atoms with Crippen LogP contribution in [0.1, 0.15) is 31.1 Å². The Bertz CT molecular complexity index is 611. The molecule has 0 saturated carbocycles. The summed E-state index contributed by atoms with van der Waals surface area (Å²) in [5.41, 5.74) is 1.15. The highest BCUT2D eigenvalue weighted by Crippen LogP contribution is 2.23. The highest BCUT2D eigenvalue weighted by molar-refractivity contribution is 6.21. The molecule has 21 heavy (non-hydrogen) atoms. The van der Waals surface area contributed by atoms with Crippen LogP contribution in [0.25, 0.3) is 0 Å². The highest BCUT2D eigenvalue weighted by Gasteiger charge is 2.33. The Balaban J connectivity index is 0.00000161. The minimum absolute atomic E-state index is 0. The first-order valence-electron chi connectivity index (χ1n) is 6.56. The summed E-state index contributed by atoms with van der Waals surface area (Å²) in [6.45, 7) is 2.86. The Morgan fingerprint density at radius 1 is 1.10 bits per heavy atom. The van der Waals surface area contributed by atoms with E-state index in [1.165, 1.54) is 13.1 Å². The number of hydrogen-bond acceptors (Lipinski definition) is 4. The molecule has 0 atom stereocenters. The van der Waals surface area contributed by atoms with Crippen LogP contribution in [0, 0.1) is 0 Å². The molecule has 3 amide bonds. The van der Waals surface area contributed by atoms with Crippen molar-refractivity contribution in [1.29, 1.82) is 0 Å². The van der Waals surface area contributed by atoms with Gasteiger partial charge in [-0.3, -0.25) is 19.3 Å². The molecule has 0 aromatic heterocycles. The molecule has 2 aliphatic heterocycles. The molecule has 2 aliphatic rings. The number of rotatable bonds is 1. The van der Waals surface area contributed by atoms with Crippen LogP contribution in [0.15, 0.2) is 18.2 Å². The number of piperazine rings is 1. The average Bonchev–Trinajstić information content (AvgIpc) is 2.72. The van der Waals surface area contributed by atoms with Gasteiger partial charge in [0.2, 0.25) is 0 Å². The van der Waals surface area contributed by atoms with E-state index in [1.54, 1.807) is 17.0 Å². The molecule has 1 aromatic rings. The Morgan fingerprint density at radius 2 is 1.71 bits per heavy atom. The van der Waals surface area contributed by atoms with Gasteiger partial charge in [0.25, 0.3) is 17.7 Å². The minimum Gasteiger partial charge on any atom is -0.336 e. The quantitative estimate of drug-likeness (QED) is 0.762. The number of hydrogen-bond donors (Lipinski definition) is 1. The maximum absolute atomic E-state index is 12.4. The van der Waals surface area contributed by atoms with Gasteiger partial charge in [-0.05, 0) is 18.2 Å². The molecule has 0 spiro atoms. The topological polar surface area (TPSA) is 69.7 Å². The highest BCUT2D eigenvalue weighted by atomic mass is 35.5. The monoisotopic (exact) mass is 309 g/mol. The predicted octanol–water partition coefficient (Wildman–Crippen LogP) is 0.380. The van der Waals surface area contributed by atoms with Gasteiger partial charge in [0.1, 0.15) is 0 Å². The van der Waals surface area contributed by atoms with E-state index in [4.69, 9.17) is 0 Å². The lowest BCUT2D eigenvalue weighted by Crippen LogP contribution is -2.46. The van der Waals surface area contributed by atoms with Crippen molar-refractivity contribution < 1.29 is 14.4 Å². The van der Waals surface area contributed by atoms with Crippen molar-refractivity contribution >= 4 is 30.1 Å². The fraction of sp³-hybridized carbons (Fsp3) is 0.357. The third kappa shape index (κ3) is 2.52. The number of halogens is 1. The third-order valence-electron chi connectivity index (χ3n) is 3.74. The molecule has 3 rings (SSSR count). The molecule has 1 fully saturated rings. The second-order valence-corrected chi connectivity index (χ2v) is 4.97. The van der Waals surface area contributed by atoms with Crippen molar-refractivity contribution in [1.82, 2.24) is 15.1 Å². The van der Waals surface area contributed by atoms with Crippen LogP contribution in [0.3, 0.4) is 0 Å². The third-order valence-corrected chi connectivity index (χ3v) is 3.74. The first-order chi connectivity index (χ1) is 9.59. The fourth-order valence-electron chi connectivity index (χ4n) is 2.54. The van der Waals surface area contributed by atoms with E-state index in [0.29, 0.717) is 29.8 Å². The van der Waals surface area contributed by atoms with Crippen molar-refractivity contribution in [3.05, 3.63) is 34.9 Å². The van der Waals surface area contributed by atoms with Gasteiger partial charge in [0.05, 0.1) is 11.1 Å². The first-order valence-corrected chi connectivity index (χ1v) is 6.56. The van der Waals surface area contributed by atoms with Gasteiger partial charge in [-0.2, -0.15) is 0 Å². The van der Waals surface area contributed by atoms with Crippen molar-refractivity contribution in [2.24, 2.45) is 0 Å². The number of nitrogens with zero attached hydrogens (tertiary/aromatic N) is 2. The summed E-state index contributed by atoms with van der Waals surface area (Å²) in [6.07, 6.45) is 0. The minimum atomic E-state index is -0.347. The smallest absolute Gasteiger partial charge is 0.261 e. The lowest BCUT2D eigenvalue weighted by Gasteiger charge is -2.27. The fourth-order valence-corrected chi connectivity index (χ4v) is 2.54. The standard InChI is InChI=1S/C14H15N3O3.ClH/c1-16-13(19)10-3-2-9(8-11(10)14(16)20)12(18)17-6-4-15-5-7-17;/h2-3,8,15H,4-7H2,1H3;1H. The Labute approximate surface area is 128 Å². The summed E-state index contributed by atoms with van der Waals surface area (Å²) in [7, 11) is 1.45. The van der Waals surface area contributed by atoms with E-state index in [2.05, 4.69) is 5.32 Å². The van der Waals surface area contributed by atoms with Crippen LogP contribution in [0.5, 0.6) is 0 Å². The van der Waals surface area contributed by atoms with Crippen molar-refractivity contribution in [2.45, 2.75) is 0 Å². The van der Waals surface area contributed by atoms with E-state index in [1.807, 2.05) is 0 Å². The van der Waals surface area contributed by atoms with Crippen LogP contribution >= 0.6 is 12.4 Å². The lowest BCUT2D eigenvalue weighted by molar-refractivity contribution is 0.0692. The van der Waals surface area contributed by atoms with Crippen LogP contribution in [0.4, 0.5) is 0 Å². The molecule has 1 aromatic carbocycles. The van der Waals surface area contributed by atoms with Gasteiger partial charge in [0, 0.05) is 38.8 Å². The summed E-state index contributed by atoms with van der Waals surface area (Å²) in [6, 6.07) is 4.71. The summed E-state index contributed by atoms with van der Waals surface area (Å²) < 4.78 is 0. The lowest BCUT2D eigenvalue weighted by atomic mass is 10.0. The molecule has 1 saturated heterocycles. The van der Waals surface area contributed by atoms with E-state index < -0.39 is 0 Å². The molecule has 7 heteroatoms. The molecule has 0 aliphatic carbocycles. The Hall–Kier alpha value is -1.92. The number of imide groups is 1. The van der Waals surface area contributed by atoms with Crippen molar-refractivity contribution in [3.63, 3.8) is 0 Å². The van der Waals surface area contributed by atoms with Crippen molar-refractivity contribution in [3.8, 4) is 0 Å². The molecule has 0 radical (unpaired) electrons. The van der Waals surface area contributed by atoms with Gasteiger partial charge < -0.3 is 10.2 Å². The zero-order valence-corrected chi connectivity index (χ0v) is 12.4. The zero-order valence-electron chi connectivity index (χ0n) is 11.6. The SMILES string of the molecule is CN1C(=O)c2ccc(C(=O)N3CCNCC3)cc2C1=O.Cl. The summed E-state index contributed by atoms with van der Waals surface area (Å²) in [4.78, 5) is 38.9. The molecular weight excluding hydrogens is 294 g/mol. The number of nitrogens with one attached hydrogen (secondary N) is 1. The second kappa shape index (κ2) is 5.83. The maximum atomic E-state index is 12.4. The molecule has 6 nitrogen and oxygen atoms in total. The zero-order chi connectivity index (χ0) is 14.3. The average molecular weight is 310 g/mol. The van der Waals surface area contributed by atoms with Crippen molar-refractivity contribution in [2.75, 3.05) is 33.2 Å². The van der Waals surface area contributed by atoms with Gasteiger partial charge in [0.15, 0.2) is 0 Å². The molecule has 0 unspecified atom stereocenters. The molecular formula is C14H16ClN3O3. The predicted molar refractivity (Wildman–Crippen MR) is 78.9 cm³/mol. The maximum Gasteiger partial charge on any atom is 0.261 e. The Morgan fingerprint density at radius 3 is 2.38 bits per heavy atom. The van der Waals surface area contributed by atoms with Crippen LogP contribution in [-0.4, -0.2) is 60.7 Å². The molecule has 2 heterocycles. The number of benzene rings is 1. The van der Waals surface area contributed by atoms with Gasteiger partial charge in [-0.25, -0.2) is 0 Å². The Kier molecular flexibility index (Phi) is 4.29. The number of carbonyl (C=O) groups is 3. The number of fused-ring (bicyclic) bond motifs is 1. The largest absolute Gasteiger partial charge is 0.336 e. The van der Waals surface area contributed by atoms with Gasteiger partial charge in [-0.15, -0.1) is 12.4 Å². The van der Waals surface area contributed by atoms with Crippen LogP contribution < -0.4 is 5.32 Å². The van der Waals surface area contributed by atoms with Gasteiger partial charge in [-0.1, -0.05) is 0 Å². The molecule has 0 bridgehead atoms. The van der Waals surface area contributed by atoms with E-state index in [0.717, 1.165) is 18.0 Å². The van der Waals surface area contributed by atoms with Crippen LogP contribution in [-0.2, 0) is 0 Å². The second-order valence-electron chi connectivity index (χ2n) is 4.97. The first kappa shape index (κ1) is 15.5. The number of carbonyl (C=O) groups excluding carboxylic acids is 3. The molecule has 1 N–H and O–H groups in total.